The molecule has 0 amide bonds. The lowest BCUT2D eigenvalue weighted by Gasteiger charge is -2.23. The van der Waals surface area contributed by atoms with Crippen LogP contribution in [0.4, 0.5) is 0 Å². The third kappa shape index (κ3) is 3.05. The third-order valence-corrected chi connectivity index (χ3v) is 2.37. The lowest BCUT2D eigenvalue weighted by Crippen LogP contribution is -2.08. The Kier molecular flexibility index (Phi) is 3.46. The summed E-state index contributed by atoms with van der Waals surface area (Å²) in [6.45, 7) is 8.41. The lowest BCUT2D eigenvalue weighted by molar-refractivity contribution is -0.104. The van der Waals surface area contributed by atoms with Gasteiger partial charge >= 0.3 is 0 Å². The molecule has 1 heteroatoms. The molecule has 1 nitrogen and oxygen atoms in total. The average molecular weight is 202 g/mol. The van der Waals surface area contributed by atoms with Crippen LogP contribution in [0.2, 0.25) is 0 Å². The van der Waals surface area contributed by atoms with Gasteiger partial charge in [0, 0.05) is 0 Å². The highest BCUT2D eigenvalue weighted by atomic mass is 16.1. The first kappa shape index (κ1) is 11.7. The molecule has 0 spiro atoms. The highest BCUT2D eigenvalue weighted by molar-refractivity contribution is 5.83. The van der Waals surface area contributed by atoms with Crippen molar-refractivity contribution < 1.29 is 4.79 Å². The van der Waals surface area contributed by atoms with E-state index in [4.69, 9.17) is 0 Å². The SMILES string of the molecule is Cc1cccc(/C(=C\C=O)C(C)(C)C)c1. The van der Waals surface area contributed by atoms with Gasteiger partial charge in [-0.25, -0.2) is 0 Å². The van der Waals surface area contributed by atoms with E-state index >= 15 is 0 Å². The number of rotatable bonds is 2. The van der Waals surface area contributed by atoms with Gasteiger partial charge in [-0.05, 0) is 29.6 Å². The predicted molar refractivity (Wildman–Crippen MR) is 64.7 cm³/mol. The molecular formula is C14H18O. The summed E-state index contributed by atoms with van der Waals surface area (Å²) in [7, 11) is 0. The van der Waals surface area contributed by atoms with Crippen molar-refractivity contribution in [3.8, 4) is 0 Å². The molecule has 0 aliphatic rings. The van der Waals surface area contributed by atoms with Gasteiger partial charge in [0.25, 0.3) is 0 Å². The molecule has 0 aliphatic heterocycles. The van der Waals surface area contributed by atoms with Crippen molar-refractivity contribution in [1.82, 2.24) is 0 Å². The van der Waals surface area contributed by atoms with Crippen LogP contribution in [-0.2, 0) is 4.79 Å². The largest absolute Gasteiger partial charge is 0.299 e. The third-order valence-electron chi connectivity index (χ3n) is 2.37. The zero-order valence-corrected chi connectivity index (χ0v) is 9.87. The number of aldehydes is 1. The second-order valence-electron chi connectivity index (χ2n) is 4.84. The van der Waals surface area contributed by atoms with Crippen LogP contribution in [0, 0.1) is 12.3 Å². The quantitative estimate of drug-likeness (QED) is 0.528. The number of allylic oxidation sites excluding steroid dienone is 2. The topological polar surface area (TPSA) is 17.1 Å². The van der Waals surface area contributed by atoms with Gasteiger partial charge in [-0.3, -0.25) is 4.79 Å². The Morgan fingerprint density at radius 2 is 1.93 bits per heavy atom. The fraction of sp³-hybridized carbons (Fsp3) is 0.357. The van der Waals surface area contributed by atoms with E-state index in [1.54, 1.807) is 6.08 Å². The highest BCUT2D eigenvalue weighted by Gasteiger charge is 2.18. The van der Waals surface area contributed by atoms with Crippen molar-refractivity contribution >= 4 is 11.9 Å². The Balaban J connectivity index is 3.23. The number of hydrogen-bond donors (Lipinski definition) is 0. The summed E-state index contributed by atoms with van der Waals surface area (Å²) < 4.78 is 0. The van der Waals surface area contributed by atoms with Gasteiger partial charge in [0.2, 0.25) is 0 Å². The van der Waals surface area contributed by atoms with Gasteiger partial charge in [-0.1, -0.05) is 50.6 Å². The number of aryl methyl sites for hydroxylation is 1. The highest BCUT2D eigenvalue weighted by Crippen LogP contribution is 2.33. The number of carbonyl (C=O) groups is 1. The first-order chi connectivity index (χ1) is 6.95. The van der Waals surface area contributed by atoms with E-state index in [1.807, 2.05) is 12.1 Å². The Hall–Kier alpha value is -1.37. The number of hydrogen-bond acceptors (Lipinski definition) is 1. The monoisotopic (exact) mass is 202 g/mol. The molecule has 80 valence electrons. The van der Waals surface area contributed by atoms with Crippen molar-refractivity contribution in [1.29, 1.82) is 0 Å². The molecule has 1 aromatic carbocycles. The Labute approximate surface area is 91.8 Å². The standard InChI is InChI=1S/C14H18O/c1-11-6-5-7-12(10-11)13(8-9-15)14(2,3)4/h5-10H,1-4H3/b13-8+. The van der Waals surface area contributed by atoms with Gasteiger partial charge < -0.3 is 0 Å². The van der Waals surface area contributed by atoms with Crippen molar-refractivity contribution in [2.45, 2.75) is 27.7 Å². The van der Waals surface area contributed by atoms with Gasteiger partial charge in [0.05, 0.1) is 0 Å². The fourth-order valence-corrected chi connectivity index (χ4v) is 1.66. The fourth-order valence-electron chi connectivity index (χ4n) is 1.66. The van der Waals surface area contributed by atoms with Gasteiger partial charge in [0.1, 0.15) is 6.29 Å². The van der Waals surface area contributed by atoms with E-state index in [0.717, 1.165) is 17.4 Å². The lowest BCUT2D eigenvalue weighted by atomic mass is 9.81. The van der Waals surface area contributed by atoms with Crippen LogP contribution in [0.1, 0.15) is 31.9 Å². The van der Waals surface area contributed by atoms with E-state index in [9.17, 15) is 4.79 Å². The number of carbonyl (C=O) groups excluding carboxylic acids is 1. The summed E-state index contributed by atoms with van der Waals surface area (Å²) in [5.41, 5.74) is 3.43. The second kappa shape index (κ2) is 4.43. The van der Waals surface area contributed by atoms with Gasteiger partial charge in [-0.2, -0.15) is 0 Å². The van der Waals surface area contributed by atoms with Gasteiger partial charge in [0.15, 0.2) is 0 Å². The average Bonchev–Trinajstić information content (AvgIpc) is 2.12. The maximum absolute atomic E-state index is 10.6. The molecule has 0 aliphatic carbocycles. The molecule has 0 N–H and O–H groups in total. The normalized spacial score (nSPS) is 12.7. The van der Waals surface area contributed by atoms with Crippen LogP contribution in [0.25, 0.3) is 5.57 Å². The maximum atomic E-state index is 10.6. The van der Waals surface area contributed by atoms with Gasteiger partial charge in [-0.15, -0.1) is 0 Å². The Bertz CT molecular complexity index is 381. The molecule has 0 atom stereocenters. The van der Waals surface area contributed by atoms with Crippen molar-refractivity contribution in [3.05, 3.63) is 41.5 Å². The van der Waals surface area contributed by atoms with Crippen LogP contribution < -0.4 is 0 Å². The summed E-state index contributed by atoms with van der Waals surface area (Å²) in [6.07, 6.45) is 2.53. The molecule has 0 radical (unpaired) electrons. The summed E-state index contributed by atoms with van der Waals surface area (Å²) in [6, 6.07) is 8.24. The molecule has 1 aromatic rings. The zero-order valence-electron chi connectivity index (χ0n) is 9.87. The molecule has 0 saturated heterocycles. The van der Waals surface area contributed by atoms with Crippen LogP contribution >= 0.6 is 0 Å². The molecule has 0 bridgehead atoms. The van der Waals surface area contributed by atoms with Crippen LogP contribution in [-0.4, -0.2) is 6.29 Å². The van der Waals surface area contributed by atoms with E-state index in [-0.39, 0.29) is 5.41 Å². The smallest absolute Gasteiger partial charge is 0.143 e. The van der Waals surface area contributed by atoms with E-state index in [1.165, 1.54) is 5.56 Å². The minimum atomic E-state index is -0.00525. The first-order valence-electron chi connectivity index (χ1n) is 5.18. The Morgan fingerprint density at radius 1 is 1.27 bits per heavy atom. The maximum Gasteiger partial charge on any atom is 0.143 e. The molecule has 0 fully saturated rings. The minimum Gasteiger partial charge on any atom is -0.299 e. The van der Waals surface area contributed by atoms with Crippen LogP contribution in [0.5, 0.6) is 0 Å². The molecule has 0 aromatic heterocycles. The molecule has 1 rings (SSSR count). The van der Waals surface area contributed by atoms with Crippen LogP contribution in [0.15, 0.2) is 30.3 Å². The number of benzene rings is 1. The zero-order chi connectivity index (χ0) is 11.5. The van der Waals surface area contributed by atoms with E-state index in [0.29, 0.717) is 0 Å². The molecule has 0 saturated carbocycles. The second-order valence-corrected chi connectivity index (χ2v) is 4.84. The van der Waals surface area contributed by atoms with E-state index in [2.05, 4.69) is 39.8 Å². The summed E-state index contributed by atoms with van der Waals surface area (Å²) in [5, 5.41) is 0. The minimum absolute atomic E-state index is 0.00525. The molecule has 15 heavy (non-hydrogen) atoms. The molecule has 0 unspecified atom stereocenters. The first-order valence-corrected chi connectivity index (χ1v) is 5.18. The molecular weight excluding hydrogens is 184 g/mol. The Morgan fingerprint density at radius 3 is 2.40 bits per heavy atom. The summed E-state index contributed by atoms with van der Waals surface area (Å²) >= 11 is 0. The van der Waals surface area contributed by atoms with Crippen molar-refractivity contribution in [2.24, 2.45) is 5.41 Å². The predicted octanol–water partition coefficient (Wildman–Crippen LogP) is 3.62. The van der Waals surface area contributed by atoms with Crippen molar-refractivity contribution in [2.75, 3.05) is 0 Å². The van der Waals surface area contributed by atoms with Crippen molar-refractivity contribution in [3.63, 3.8) is 0 Å². The van der Waals surface area contributed by atoms with Crippen LogP contribution in [0.3, 0.4) is 0 Å². The van der Waals surface area contributed by atoms with E-state index < -0.39 is 0 Å². The molecule has 0 heterocycles. The summed E-state index contributed by atoms with van der Waals surface area (Å²) in [4.78, 5) is 10.6. The summed E-state index contributed by atoms with van der Waals surface area (Å²) in [5.74, 6) is 0.